The fourth-order valence-corrected chi connectivity index (χ4v) is 1.63. The van der Waals surface area contributed by atoms with E-state index in [-0.39, 0.29) is 5.82 Å². The van der Waals surface area contributed by atoms with Crippen molar-refractivity contribution in [1.29, 1.82) is 0 Å². The number of thiocarbonyl (C=S) groups is 1. The smallest absolute Gasteiger partial charge is 0.170 e. The number of rotatable bonds is 6. The van der Waals surface area contributed by atoms with Crippen LogP contribution in [0.3, 0.4) is 0 Å². The summed E-state index contributed by atoms with van der Waals surface area (Å²) in [5, 5.41) is 6.54. The molecule has 0 spiro atoms. The van der Waals surface area contributed by atoms with Crippen LogP contribution in [0.4, 0.5) is 10.1 Å². The van der Waals surface area contributed by atoms with Crippen LogP contribution in [0.15, 0.2) is 18.2 Å². The number of nitrogens with one attached hydrogen (secondary N) is 2. The summed E-state index contributed by atoms with van der Waals surface area (Å²) >= 11 is 5.13. The molecule has 0 saturated heterocycles. The Kier molecular flexibility index (Phi) is 6.60. The van der Waals surface area contributed by atoms with E-state index in [1.165, 1.54) is 12.1 Å². The van der Waals surface area contributed by atoms with Gasteiger partial charge in [0.2, 0.25) is 0 Å². The van der Waals surface area contributed by atoms with Crippen LogP contribution in [0.25, 0.3) is 0 Å². The monoisotopic (exact) mass is 270 g/mol. The van der Waals surface area contributed by atoms with Crippen molar-refractivity contribution in [2.24, 2.45) is 0 Å². The van der Waals surface area contributed by atoms with E-state index in [0.717, 1.165) is 25.1 Å². The van der Waals surface area contributed by atoms with Crippen LogP contribution in [-0.4, -0.2) is 24.9 Å². The number of benzene rings is 1. The van der Waals surface area contributed by atoms with Crippen LogP contribution in [0, 0.1) is 12.7 Å². The van der Waals surface area contributed by atoms with Crippen LogP contribution in [0.2, 0.25) is 0 Å². The zero-order chi connectivity index (χ0) is 13.4. The fraction of sp³-hybridized carbons (Fsp3) is 0.462. The number of aryl methyl sites for hydroxylation is 1. The van der Waals surface area contributed by atoms with E-state index in [2.05, 4.69) is 10.6 Å². The highest BCUT2D eigenvalue weighted by Crippen LogP contribution is 2.15. The van der Waals surface area contributed by atoms with Gasteiger partial charge in [-0.1, -0.05) is 6.07 Å². The molecule has 1 aromatic carbocycles. The first-order valence-corrected chi connectivity index (χ1v) is 6.43. The largest absolute Gasteiger partial charge is 0.382 e. The molecule has 0 amide bonds. The van der Waals surface area contributed by atoms with E-state index in [4.69, 9.17) is 17.0 Å². The zero-order valence-corrected chi connectivity index (χ0v) is 11.6. The van der Waals surface area contributed by atoms with E-state index >= 15 is 0 Å². The first-order chi connectivity index (χ1) is 8.63. The fourth-order valence-electron chi connectivity index (χ4n) is 1.42. The highest BCUT2D eigenvalue weighted by molar-refractivity contribution is 7.80. The molecule has 0 aliphatic heterocycles. The molecule has 0 atom stereocenters. The van der Waals surface area contributed by atoms with E-state index in [1.54, 1.807) is 6.07 Å². The van der Waals surface area contributed by atoms with Gasteiger partial charge in [-0.05, 0) is 50.2 Å². The average molecular weight is 270 g/mol. The molecule has 18 heavy (non-hydrogen) atoms. The second-order valence-electron chi connectivity index (χ2n) is 3.89. The lowest BCUT2D eigenvalue weighted by Crippen LogP contribution is -2.30. The Morgan fingerprint density at radius 2 is 2.22 bits per heavy atom. The van der Waals surface area contributed by atoms with Crippen molar-refractivity contribution in [3.8, 4) is 0 Å². The van der Waals surface area contributed by atoms with Crippen LogP contribution in [0.1, 0.15) is 18.9 Å². The molecule has 0 radical (unpaired) electrons. The summed E-state index contributed by atoms with van der Waals surface area (Å²) in [6.45, 7) is 6.04. The summed E-state index contributed by atoms with van der Waals surface area (Å²) in [6, 6.07) is 4.58. The van der Waals surface area contributed by atoms with Crippen molar-refractivity contribution < 1.29 is 9.13 Å². The molecule has 5 heteroatoms. The van der Waals surface area contributed by atoms with Gasteiger partial charge in [0.05, 0.1) is 0 Å². The van der Waals surface area contributed by atoms with Gasteiger partial charge in [-0.25, -0.2) is 4.39 Å². The summed E-state index contributed by atoms with van der Waals surface area (Å²) in [6.07, 6.45) is 0.887. The Balaban J connectivity index is 2.33. The summed E-state index contributed by atoms with van der Waals surface area (Å²) < 4.78 is 18.3. The van der Waals surface area contributed by atoms with Gasteiger partial charge in [0.25, 0.3) is 0 Å². The molecular weight excluding hydrogens is 251 g/mol. The van der Waals surface area contributed by atoms with Gasteiger partial charge in [-0.3, -0.25) is 0 Å². The van der Waals surface area contributed by atoms with E-state index in [0.29, 0.717) is 17.4 Å². The number of ether oxygens (including phenoxy) is 1. The van der Waals surface area contributed by atoms with Gasteiger partial charge >= 0.3 is 0 Å². The molecule has 0 fully saturated rings. The maximum Gasteiger partial charge on any atom is 0.170 e. The molecule has 0 aliphatic carbocycles. The van der Waals surface area contributed by atoms with Gasteiger partial charge in [-0.15, -0.1) is 0 Å². The maximum absolute atomic E-state index is 13.1. The topological polar surface area (TPSA) is 33.3 Å². The minimum absolute atomic E-state index is 0.276. The lowest BCUT2D eigenvalue weighted by molar-refractivity contribution is 0.146. The zero-order valence-electron chi connectivity index (χ0n) is 10.8. The van der Waals surface area contributed by atoms with Crippen molar-refractivity contribution in [3.63, 3.8) is 0 Å². The predicted octanol–water partition coefficient (Wildman–Crippen LogP) is 2.85. The minimum Gasteiger partial charge on any atom is -0.382 e. The number of anilines is 1. The van der Waals surface area contributed by atoms with E-state index in [9.17, 15) is 4.39 Å². The molecule has 1 rings (SSSR count). The third-order valence-electron chi connectivity index (χ3n) is 2.40. The SMILES string of the molecule is CCOCCCNC(=S)Nc1cc(F)ccc1C. The van der Waals surface area contributed by atoms with Crippen LogP contribution in [0.5, 0.6) is 0 Å². The Morgan fingerprint density at radius 1 is 1.44 bits per heavy atom. The Bertz CT molecular complexity index is 399. The molecule has 1 aromatic rings. The Morgan fingerprint density at radius 3 is 2.94 bits per heavy atom. The van der Waals surface area contributed by atoms with Crippen LogP contribution < -0.4 is 10.6 Å². The van der Waals surface area contributed by atoms with Crippen molar-refractivity contribution in [3.05, 3.63) is 29.6 Å². The molecule has 0 aromatic heterocycles. The van der Waals surface area contributed by atoms with Crippen LogP contribution in [-0.2, 0) is 4.74 Å². The van der Waals surface area contributed by atoms with Gasteiger partial charge in [0, 0.05) is 25.4 Å². The van der Waals surface area contributed by atoms with Crippen molar-refractivity contribution in [1.82, 2.24) is 5.32 Å². The van der Waals surface area contributed by atoms with Crippen molar-refractivity contribution in [2.45, 2.75) is 20.3 Å². The minimum atomic E-state index is -0.276. The lowest BCUT2D eigenvalue weighted by atomic mass is 10.2. The maximum atomic E-state index is 13.1. The standard InChI is InChI=1S/C13H19FN2OS/c1-3-17-8-4-7-15-13(18)16-12-9-11(14)6-5-10(12)2/h5-6,9H,3-4,7-8H2,1-2H3,(H2,15,16,18). The summed E-state index contributed by atoms with van der Waals surface area (Å²) in [7, 11) is 0. The third-order valence-corrected chi connectivity index (χ3v) is 2.65. The van der Waals surface area contributed by atoms with Gasteiger partial charge in [-0.2, -0.15) is 0 Å². The highest BCUT2D eigenvalue weighted by atomic mass is 32.1. The van der Waals surface area contributed by atoms with E-state index in [1.807, 2.05) is 13.8 Å². The number of hydrogen-bond donors (Lipinski definition) is 2. The predicted molar refractivity (Wildman–Crippen MR) is 76.5 cm³/mol. The third kappa shape index (κ3) is 5.42. The van der Waals surface area contributed by atoms with Crippen molar-refractivity contribution >= 4 is 23.0 Å². The number of hydrogen-bond acceptors (Lipinski definition) is 2. The number of halogens is 1. The molecule has 0 bridgehead atoms. The highest BCUT2D eigenvalue weighted by Gasteiger charge is 2.02. The van der Waals surface area contributed by atoms with Gasteiger partial charge < -0.3 is 15.4 Å². The summed E-state index contributed by atoms with van der Waals surface area (Å²) in [5.41, 5.74) is 1.65. The second-order valence-corrected chi connectivity index (χ2v) is 4.30. The Labute approximate surface area is 113 Å². The van der Waals surface area contributed by atoms with Gasteiger partial charge in [0.15, 0.2) is 5.11 Å². The first-order valence-electron chi connectivity index (χ1n) is 6.02. The van der Waals surface area contributed by atoms with Crippen LogP contribution >= 0.6 is 12.2 Å². The first kappa shape index (κ1) is 14.9. The molecule has 0 unspecified atom stereocenters. The Hall–Kier alpha value is -1.20. The molecule has 0 aliphatic rings. The molecule has 2 N–H and O–H groups in total. The molecule has 0 saturated carbocycles. The summed E-state index contributed by atoms with van der Waals surface area (Å²) in [4.78, 5) is 0. The van der Waals surface area contributed by atoms with Gasteiger partial charge in [0.1, 0.15) is 5.82 Å². The average Bonchev–Trinajstić information content (AvgIpc) is 2.33. The van der Waals surface area contributed by atoms with E-state index < -0.39 is 0 Å². The lowest BCUT2D eigenvalue weighted by Gasteiger charge is -2.12. The second kappa shape index (κ2) is 8.00. The molecule has 3 nitrogen and oxygen atoms in total. The molecule has 0 heterocycles. The quantitative estimate of drug-likeness (QED) is 0.615. The summed E-state index contributed by atoms with van der Waals surface area (Å²) in [5.74, 6) is -0.276. The van der Waals surface area contributed by atoms with Crippen molar-refractivity contribution in [2.75, 3.05) is 25.1 Å². The molecular formula is C13H19FN2OS. The molecule has 100 valence electrons. The normalized spacial score (nSPS) is 10.2.